The Hall–Kier alpha value is -3.69. The van der Waals surface area contributed by atoms with Crippen molar-refractivity contribution in [2.45, 2.75) is 72.5 Å². The molecule has 1 atom stereocenters. The lowest BCUT2D eigenvalue weighted by molar-refractivity contribution is -0.128. The summed E-state index contributed by atoms with van der Waals surface area (Å²) in [7, 11) is 0. The number of carbonyl (C=O) groups excluding carboxylic acids is 2. The summed E-state index contributed by atoms with van der Waals surface area (Å²) in [5.74, 6) is 1.39. The zero-order chi connectivity index (χ0) is 25.6. The second kappa shape index (κ2) is 11.2. The molecule has 10 nitrogen and oxygen atoms in total. The van der Waals surface area contributed by atoms with Crippen molar-refractivity contribution in [1.29, 1.82) is 0 Å². The zero-order valence-corrected chi connectivity index (χ0v) is 21.2. The summed E-state index contributed by atoms with van der Waals surface area (Å²) in [6, 6.07) is 10.0. The molecule has 0 bridgehead atoms. The van der Waals surface area contributed by atoms with Crippen LogP contribution in [0, 0.1) is 6.92 Å². The van der Waals surface area contributed by atoms with Crippen LogP contribution in [0.2, 0.25) is 0 Å². The number of ether oxygens (including phenoxy) is 1. The molecule has 0 aliphatic rings. The quantitative estimate of drug-likeness (QED) is 0.468. The van der Waals surface area contributed by atoms with Gasteiger partial charge in [0.15, 0.2) is 5.76 Å². The van der Waals surface area contributed by atoms with Crippen molar-refractivity contribution in [2.24, 2.45) is 0 Å². The smallest absolute Gasteiger partial charge is 0.251 e. The molecule has 0 unspecified atom stereocenters. The number of nitrogens with zero attached hydrogens (tertiary/aromatic N) is 5. The summed E-state index contributed by atoms with van der Waals surface area (Å²) in [6.45, 7) is 11.6. The Morgan fingerprint density at radius 3 is 2.54 bits per heavy atom. The molecule has 2 aromatic heterocycles. The maximum atomic E-state index is 13.7. The van der Waals surface area contributed by atoms with Gasteiger partial charge in [-0.05, 0) is 70.5 Å². The fourth-order valence-corrected chi connectivity index (χ4v) is 3.67. The van der Waals surface area contributed by atoms with E-state index in [1.54, 1.807) is 24.3 Å². The van der Waals surface area contributed by atoms with E-state index in [0.717, 1.165) is 5.76 Å². The van der Waals surface area contributed by atoms with E-state index >= 15 is 0 Å². The summed E-state index contributed by atoms with van der Waals surface area (Å²) in [5.41, 5.74) is 0.0599. The predicted octanol–water partition coefficient (Wildman–Crippen LogP) is 3.76. The van der Waals surface area contributed by atoms with Gasteiger partial charge in [-0.25, -0.2) is 0 Å². The van der Waals surface area contributed by atoms with Crippen LogP contribution in [0.15, 0.2) is 40.8 Å². The lowest BCUT2D eigenvalue weighted by Crippen LogP contribution is -2.54. The molecule has 2 amide bonds. The van der Waals surface area contributed by atoms with Crippen LogP contribution < -0.4 is 15.0 Å². The predicted molar refractivity (Wildman–Crippen MR) is 132 cm³/mol. The largest absolute Gasteiger partial charge is 0.492 e. The summed E-state index contributed by atoms with van der Waals surface area (Å²) in [6.07, 6.45) is 1.17. The first-order valence-electron chi connectivity index (χ1n) is 11.8. The van der Waals surface area contributed by atoms with Crippen molar-refractivity contribution in [3.05, 3.63) is 42.2 Å². The maximum absolute atomic E-state index is 13.7. The van der Waals surface area contributed by atoms with E-state index in [1.165, 1.54) is 9.70 Å². The van der Waals surface area contributed by atoms with Gasteiger partial charge in [0, 0.05) is 5.54 Å². The number of aryl methyl sites for hydroxylation is 1. The highest BCUT2D eigenvalue weighted by atomic mass is 16.5. The van der Waals surface area contributed by atoms with Crippen LogP contribution >= 0.6 is 0 Å². The minimum atomic E-state index is -0.746. The first-order valence-corrected chi connectivity index (χ1v) is 11.8. The second-order valence-corrected chi connectivity index (χ2v) is 9.26. The topological polar surface area (TPSA) is 115 Å². The molecule has 0 aliphatic carbocycles. The zero-order valence-electron chi connectivity index (χ0n) is 21.2. The van der Waals surface area contributed by atoms with Gasteiger partial charge in [-0.2, -0.15) is 4.80 Å². The Balaban J connectivity index is 1.98. The third-order valence-electron chi connectivity index (χ3n) is 5.06. The number of rotatable bonds is 10. The Kier molecular flexibility index (Phi) is 8.26. The molecule has 1 aromatic carbocycles. The molecule has 3 rings (SSSR count). The third kappa shape index (κ3) is 6.68. The number of benzene rings is 1. The van der Waals surface area contributed by atoms with Gasteiger partial charge in [0.25, 0.3) is 5.91 Å². The van der Waals surface area contributed by atoms with Crippen LogP contribution in [0.3, 0.4) is 0 Å². The molecule has 0 radical (unpaired) electrons. The molecule has 0 saturated carbocycles. The van der Waals surface area contributed by atoms with Crippen LogP contribution in [0.1, 0.15) is 53.2 Å². The van der Waals surface area contributed by atoms with Gasteiger partial charge < -0.3 is 14.5 Å². The van der Waals surface area contributed by atoms with Gasteiger partial charge in [0.05, 0.1) is 12.3 Å². The van der Waals surface area contributed by atoms with Crippen LogP contribution in [-0.4, -0.2) is 50.2 Å². The van der Waals surface area contributed by atoms with E-state index in [-0.39, 0.29) is 24.2 Å². The van der Waals surface area contributed by atoms with Gasteiger partial charge in [0.2, 0.25) is 11.7 Å². The van der Waals surface area contributed by atoms with Gasteiger partial charge in [0.1, 0.15) is 24.1 Å². The Morgan fingerprint density at radius 2 is 1.91 bits per heavy atom. The fraction of sp³-hybridized carbons (Fsp3) is 0.480. The molecule has 0 spiro atoms. The van der Waals surface area contributed by atoms with Crippen LogP contribution in [0.5, 0.6) is 5.75 Å². The van der Waals surface area contributed by atoms with Crippen LogP contribution in [0.4, 0.5) is 5.69 Å². The average Bonchev–Trinajstić information content (AvgIpc) is 3.42. The Labute approximate surface area is 205 Å². The minimum absolute atomic E-state index is 0.212. The summed E-state index contributed by atoms with van der Waals surface area (Å²) < 4.78 is 11.4. The average molecular weight is 483 g/mol. The number of anilines is 1. The highest BCUT2D eigenvalue weighted by molar-refractivity contribution is 6.01. The molecule has 0 saturated heterocycles. The number of hydrogen-bond acceptors (Lipinski definition) is 7. The van der Waals surface area contributed by atoms with Gasteiger partial charge in [-0.1, -0.05) is 25.5 Å². The monoisotopic (exact) mass is 482 g/mol. The molecule has 3 aromatic rings. The normalized spacial score (nSPS) is 12.3. The molecule has 2 heterocycles. The standard InChI is InChI=1S/C25H34N6O4/c1-7-11-19(24(33)26-25(4,5)6)31(18-12-9-10-13-20(18)34-8-2)22(32)16-30-28-23(27-29-30)21-15-14-17(3)35-21/h9-10,12-15,19H,7-8,11,16H2,1-6H3,(H,26,33)/t19-/m1/s1. The van der Waals surface area contributed by atoms with Crippen molar-refractivity contribution in [1.82, 2.24) is 25.5 Å². The van der Waals surface area contributed by atoms with Crippen molar-refractivity contribution in [2.75, 3.05) is 11.5 Å². The van der Waals surface area contributed by atoms with Crippen molar-refractivity contribution < 1.29 is 18.7 Å². The number of carbonyl (C=O) groups is 2. The summed E-state index contributed by atoms with van der Waals surface area (Å²) in [4.78, 5) is 29.8. The lowest BCUT2D eigenvalue weighted by atomic mass is 10.0. The summed E-state index contributed by atoms with van der Waals surface area (Å²) >= 11 is 0. The van der Waals surface area contributed by atoms with E-state index in [0.29, 0.717) is 36.6 Å². The minimum Gasteiger partial charge on any atom is -0.492 e. The number of para-hydroxylation sites is 2. The van der Waals surface area contributed by atoms with Gasteiger partial charge in [-0.15, -0.1) is 10.2 Å². The van der Waals surface area contributed by atoms with Gasteiger partial charge in [-0.3, -0.25) is 14.5 Å². The first kappa shape index (κ1) is 25.9. The SMILES string of the molecule is CCC[C@H](C(=O)NC(C)(C)C)N(C(=O)Cn1nnc(-c2ccc(C)o2)n1)c1ccccc1OCC. The highest BCUT2D eigenvalue weighted by Gasteiger charge is 2.34. The molecule has 188 valence electrons. The molecule has 10 heteroatoms. The van der Waals surface area contributed by atoms with Crippen molar-refractivity contribution >= 4 is 17.5 Å². The van der Waals surface area contributed by atoms with Crippen molar-refractivity contribution in [3.63, 3.8) is 0 Å². The number of nitrogens with one attached hydrogen (secondary N) is 1. The van der Waals surface area contributed by atoms with E-state index in [1.807, 2.05) is 53.7 Å². The second-order valence-electron chi connectivity index (χ2n) is 9.26. The number of aromatic nitrogens is 4. The molecule has 0 aliphatic heterocycles. The molecule has 1 N–H and O–H groups in total. The Bertz CT molecular complexity index is 1150. The van der Waals surface area contributed by atoms with Crippen molar-refractivity contribution in [3.8, 4) is 17.3 Å². The third-order valence-corrected chi connectivity index (χ3v) is 5.06. The summed E-state index contributed by atoms with van der Waals surface area (Å²) in [5, 5.41) is 15.3. The number of amides is 2. The first-order chi connectivity index (χ1) is 16.6. The Morgan fingerprint density at radius 1 is 1.17 bits per heavy atom. The molecular formula is C25H34N6O4. The molecule has 35 heavy (non-hydrogen) atoms. The lowest BCUT2D eigenvalue weighted by Gasteiger charge is -2.34. The maximum Gasteiger partial charge on any atom is 0.251 e. The highest BCUT2D eigenvalue weighted by Crippen LogP contribution is 2.31. The van der Waals surface area contributed by atoms with E-state index in [4.69, 9.17) is 9.15 Å². The number of furan rings is 1. The molecule has 0 fully saturated rings. The van der Waals surface area contributed by atoms with Gasteiger partial charge >= 0.3 is 0 Å². The van der Waals surface area contributed by atoms with Crippen LogP contribution in [0.25, 0.3) is 11.6 Å². The van der Waals surface area contributed by atoms with E-state index in [2.05, 4.69) is 20.7 Å². The number of tetrazole rings is 1. The molecular weight excluding hydrogens is 448 g/mol. The van der Waals surface area contributed by atoms with E-state index < -0.39 is 11.6 Å². The number of hydrogen-bond donors (Lipinski definition) is 1. The fourth-order valence-electron chi connectivity index (χ4n) is 3.67. The van der Waals surface area contributed by atoms with E-state index in [9.17, 15) is 9.59 Å². The van der Waals surface area contributed by atoms with Crippen LogP contribution in [-0.2, 0) is 16.1 Å².